The molecule has 1 saturated heterocycles. The van der Waals surface area contributed by atoms with Crippen molar-refractivity contribution in [3.63, 3.8) is 0 Å². The third kappa shape index (κ3) is 3.38. The molecule has 5 nitrogen and oxygen atoms in total. The van der Waals surface area contributed by atoms with Gasteiger partial charge in [-0.15, -0.1) is 11.3 Å². The second kappa shape index (κ2) is 7.05. The molecule has 0 spiro atoms. The number of hydrogen-bond acceptors (Lipinski definition) is 5. The van der Waals surface area contributed by atoms with E-state index in [1.54, 1.807) is 11.3 Å². The van der Waals surface area contributed by atoms with Crippen molar-refractivity contribution in [2.45, 2.75) is 59.4 Å². The number of amides is 1. The summed E-state index contributed by atoms with van der Waals surface area (Å²) in [6.45, 7) is 8.69. The molecular weight excluding hydrogens is 322 g/mol. The lowest BCUT2D eigenvalue weighted by Crippen LogP contribution is -2.41. The fraction of sp³-hybridized carbons (Fsp3) is 0.611. The van der Waals surface area contributed by atoms with Crippen molar-refractivity contribution in [1.29, 1.82) is 0 Å². The molecule has 24 heavy (non-hydrogen) atoms. The Morgan fingerprint density at radius 1 is 1.42 bits per heavy atom. The Labute approximate surface area is 147 Å². The van der Waals surface area contributed by atoms with Crippen LogP contribution in [0.15, 0.2) is 9.90 Å². The monoisotopic (exact) mass is 347 g/mol. The summed E-state index contributed by atoms with van der Waals surface area (Å²) < 4.78 is 5.23. The van der Waals surface area contributed by atoms with E-state index in [0.717, 1.165) is 53.5 Å². The number of nitrogens with zero attached hydrogens (tertiary/aromatic N) is 3. The van der Waals surface area contributed by atoms with Gasteiger partial charge in [-0.2, -0.15) is 0 Å². The molecule has 2 aromatic heterocycles. The Morgan fingerprint density at radius 2 is 2.21 bits per heavy atom. The highest BCUT2D eigenvalue weighted by Crippen LogP contribution is 2.34. The summed E-state index contributed by atoms with van der Waals surface area (Å²) in [4.78, 5) is 19.8. The van der Waals surface area contributed by atoms with E-state index >= 15 is 0 Å². The molecule has 1 aliphatic rings. The van der Waals surface area contributed by atoms with Gasteiger partial charge in [-0.3, -0.25) is 4.79 Å². The second-order valence-electron chi connectivity index (χ2n) is 6.78. The van der Waals surface area contributed by atoms with Gasteiger partial charge in [0.1, 0.15) is 10.8 Å². The molecule has 0 N–H and O–H groups in total. The maximum absolute atomic E-state index is 13.1. The van der Waals surface area contributed by atoms with Crippen molar-refractivity contribution >= 4 is 17.2 Å². The molecule has 0 radical (unpaired) electrons. The summed E-state index contributed by atoms with van der Waals surface area (Å²) in [5.74, 6) is 0.953. The van der Waals surface area contributed by atoms with E-state index in [9.17, 15) is 4.79 Å². The van der Waals surface area contributed by atoms with E-state index in [-0.39, 0.29) is 17.9 Å². The van der Waals surface area contributed by atoms with Gasteiger partial charge in [-0.25, -0.2) is 4.98 Å². The van der Waals surface area contributed by atoms with Gasteiger partial charge >= 0.3 is 0 Å². The largest absolute Gasteiger partial charge is 0.361 e. The minimum atomic E-state index is -0.0801. The molecule has 2 unspecified atom stereocenters. The Hall–Kier alpha value is -1.69. The standard InChI is InChI=1S/C18H25N3O2S/c1-11(9-15-13(3)20-23-14(15)4)18(22)21-8-6-5-7-16(21)17-19-12(2)10-24-17/h10-11,16H,5-9H2,1-4H3. The van der Waals surface area contributed by atoms with Gasteiger partial charge in [0.2, 0.25) is 5.91 Å². The van der Waals surface area contributed by atoms with Crippen molar-refractivity contribution in [2.75, 3.05) is 6.54 Å². The first kappa shape index (κ1) is 17.1. The average molecular weight is 347 g/mol. The quantitative estimate of drug-likeness (QED) is 0.839. The predicted octanol–water partition coefficient (Wildman–Crippen LogP) is 3.99. The van der Waals surface area contributed by atoms with Gasteiger partial charge in [0.05, 0.1) is 11.7 Å². The molecule has 6 heteroatoms. The summed E-state index contributed by atoms with van der Waals surface area (Å²) in [6, 6.07) is 0.136. The number of aromatic nitrogens is 2. The van der Waals surface area contributed by atoms with Crippen LogP contribution >= 0.6 is 11.3 Å². The predicted molar refractivity (Wildman–Crippen MR) is 94.0 cm³/mol. The van der Waals surface area contributed by atoms with E-state index in [1.807, 2.05) is 32.6 Å². The van der Waals surface area contributed by atoms with E-state index < -0.39 is 0 Å². The topological polar surface area (TPSA) is 59.2 Å². The van der Waals surface area contributed by atoms with Gasteiger partial charge in [0, 0.05) is 29.1 Å². The molecule has 1 fully saturated rings. The number of hydrogen-bond donors (Lipinski definition) is 0. The van der Waals surface area contributed by atoms with E-state index in [0.29, 0.717) is 6.42 Å². The third-order valence-corrected chi connectivity index (χ3v) is 5.88. The number of rotatable bonds is 4. The van der Waals surface area contributed by atoms with Crippen molar-refractivity contribution in [2.24, 2.45) is 5.92 Å². The lowest BCUT2D eigenvalue weighted by atomic mass is 9.95. The van der Waals surface area contributed by atoms with Crippen LogP contribution in [0.25, 0.3) is 0 Å². The number of carbonyl (C=O) groups excluding carboxylic acids is 1. The summed E-state index contributed by atoms with van der Waals surface area (Å²) in [7, 11) is 0. The van der Waals surface area contributed by atoms with Crippen molar-refractivity contribution in [1.82, 2.24) is 15.0 Å². The summed E-state index contributed by atoms with van der Waals surface area (Å²) in [6.07, 6.45) is 3.92. The highest BCUT2D eigenvalue weighted by atomic mass is 32.1. The molecule has 3 heterocycles. The van der Waals surface area contributed by atoms with E-state index in [2.05, 4.69) is 15.5 Å². The number of likely N-dealkylation sites (tertiary alicyclic amines) is 1. The zero-order chi connectivity index (χ0) is 17.3. The molecule has 0 aromatic carbocycles. The summed E-state index contributed by atoms with van der Waals surface area (Å²) in [5.41, 5.74) is 2.99. The van der Waals surface area contributed by atoms with Crippen LogP contribution in [0.3, 0.4) is 0 Å². The van der Waals surface area contributed by atoms with Crippen molar-refractivity contribution in [3.8, 4) is 0 Å². The fourth-order valence-electron chi connectivity index (χ4n) is 3.45. The summed E-state index contributed by atoms with van der Waals surface area (Å²) >= 11 is 1.67. The first-order chi connectivity index (χ1) is 11.5. The molecule has 2 atom stereocenters. The second-order valence-corrected chi connectivity index (χ2v) is 7.67. The van der Waals surface area contributed by atoms with Crippen LogP contribution in [0, 0.1) is 26.7 Å². The molecular formula is C18H25N3O2S. The minimum absolute atomic E-state index is 0.0801. The number of piperidine rings is 1. The number of carbonyl (C=O) groups is 1. The molecule has 2 aromatic rings. The van der Waals surface area contributed by atoms with Crippen LogP contribution in [-0.2, 0) is 11.2 Å². The van der Waals surface area contributed by atoms with Crippen molar-refractivity contribution in [3.05, 3.63) is 33.1 Å². The fourth-order valence-corrected chi connectivity index (χ4v) is 4.39. The molecule has 130 valence electrons. The lowest BCUT2D eigenvalue weighted by molar-refractivity contribution is -0.139. The smallest absolute Gasteiger partial charge is 0.226 e. The summed E-state index contributed by atoms with van der Waals surface area (Å²) in [5, 5.41) is 7.14. The van der Waals surface area contributed by atoms with Crippen LogP contribution in [0.1, 0.15) is 59.9 Å². The van der Waals surface area contributed by atoms with E-state index in [4.69, 9.17) is 4.52 Å². The number of aryl methyl sites for hydroxylation is 3. The number of thiazole rings is 1. The van der Waals surface area contributed by atoms with Gasteiger partial charge in [-0.05, 0) is 46.5 Å². The van der Waals surface area contributed by atoms with Crippen LogP contribution in [0.4, 0.5) is 0 Å². The molecule has 1 aliphatic heterocycles. The zero-order valence-corrected chi connectivity index (χ0v) is 15.7. The first-order valence-corrected chi connectivity index (χ1v) is 9.49. The first-order valence-electron chi connectivity index (χ1n) is 8.61. The van der Waals surface area contributed by atoms with Crippen LogP contribution in [0.2, 0.25) is 0 Å². The molecule has 0 aliphatic carbocycles. The molecule has 3 rings (SSSR count). The van der Waals surface area contributed by atoms with Gasteiger partial charge in [-0.1, -0.05) is 12.1 Å². The Kier molecular flexibility index (Phi) is 5.04. The Balaban J connectivity index is 1.76. The molecule has 1 amide bonds. The highest BCUT2D eigenvalue weighted by Gasteiger charge is 2.32. The third-order valence-electron chi connectivity index (χ3n) is 4.82. The van der Waals surface area contributed by atoms with Gasteiger partial charge in [0.25, 0.3) is 0 Å². The van der Waals surface area contributed by atoms with Crippen molar-refractivity contribution < 1.29 is 9.32 Å². The van der Waals surface area contributed by atoms with Crippen LogP contribution in [0.5, 0.6) is 0 Å². The van der Waals surface area contributed by atoms with E-state index in [1.165, 1.54) is 0 Å². The average Bonchev–Trinajstić information content (AvgIpc) is 3.14. The van der Waals surface area contributed by atoms with Crippen LogP contribution < -0.4 is 0 Å². The Bertz CT molecular complexity index is 702. The molecule has 0 bridgehead atoms. The van der Waals surface area contributed by atoms with Crippen LogP contribution in [-0.4, -0.2) is 27.5 Å². The van der Waals surface area contributed by atoms with Gasteiger partial charge < -0.3 is 9.42 Å². The normalized spacial score (nSPS) is 19.5. The molecule has 0 saturated carbocycles. The SMILES string of the molecule is Cc1csc(C2CCCCN2C(=O)C(C)Cc2c(C)noc2C)n1. The zero-order valence-electron chi connectivity index (χ0n) is 14.8. The maximum atomic E-state index is 13.1. The van der Waals surface area contributed by atoms with Gasteiger partial charge in [0.15, 0.2) is 0 Å². The lowest BCUT2D eigenvalue weighted by Gasteiger charge is -2.36. The maximum Gasteiger partial charge on any atom is 0.226 e. The Morgan fingerprint density at radius 3 is 2.83 bits per heavy atom. The minimum Gasteiger partial charge on any atom is -0.361 e. The highest BCUT2D eigenvalue weighted by molar-refractivity contribution is 7.09.